The normalized spacial score (nSPS) is 19.5. The maximum absolute atomic E-state index is 12.2. The van der Waals surface area contributed by atoms with E-state index in [-0.39, 0.29) is 17.6 Å². The lowest BCUT2D eigenvalue weighted by Gasteiger charge is -2.30. The molecule has 1 N–H and O–H groups in total. The number of anilines is 1. The number of nitro benzene ring substituents is 1. The van der Waals surface area contributed by atoms with Gasteiger partial charge >= 0.3 is 6.09 Å². The van der Waals surface area contributed by atoms with Gasteiger partial charge in [0.1, 0.15) is 0 Å². The lowest BCUT2D eigenvalue weighted by atomic mass is 9.93. The van der Waals surface area contributed by atoms with Crippen LogP contribution in [0.1, 0.15) is 11.5 Å². The first-order chi connectivity index (χ1) is 13.5. The Balaban J connectivity index is 1.93. The summed E-state index contributed by atoms with van der Waals surface area (Å²) in [5.41, 5.74) is 1.43. The van der Waals surface area contributed by atoms with Gasteiger partial charge in [-0.25, -0.2) is 4.79 Å². The minimum atomic E-state index is -1.08. The molecule has 1 heterocycles. The maximum atomic E-state index is 12.2. The third kappa shape index (κ3) is 4.29. The number of carboxylic acid groups (broad SMARTS) is 1. The van der Waals surface area contributed by atoms with Crippen LogP contribution in [0.5, 0.6) is 0 Å². The average Bonchev–Trinajstić information content (AvgIpc) is 3.11. The standard InChI is InChI=1S/C20H23N3O5/c1-28-12-11-21-13-18(15-5-3-2-4-6-15)19(14-21)22(20(24)25)16-7-9-17(10-8-16)23(26)27/h2-10,18-19H,11-14H2,1H3,(H,24,25)/t18-,19+/m0/s1. The van der Waals surface area contributed by atoms with Crippen LogP contribution in [-0.4, -0.2) is 60.4 Å². The third-order valence-corrected chi connectivity index (χ3v) is 5.08. The molecule has 1 saturated heterocycles. The van der Waals surface area contributed by atoms with Crippen LogP contribution < -0.4 is 4.90 Å². The lowest BCUT2D eigenvalue weighted by molar-refractivity contribution is -0.384. The molecule has 1 fully saturated rings. The molecule has 8 heteroatoms. The van der Waals surface area contributed by atoms with E-state index in [1.165, 1.54) is 29.2 Å². The number of rotatable bonds is 7. The van der Waals surface area contributed by atoms with E-state index in [0.717, 1.165) is 12.1 Å². The molecule has 2 aromatic carbocycles. The molecule has 0 radical (unpaired) electrons. The molecule has 2 aromatic rings. The Kier molecular flexibility index (Phi) is 6.23. The van der Waals surface area contributed by atoms with Gasteiger partial charge < -0.3 is 9.84 Å². The fourth-order valence-electron chi connectivity index (χ4n) is 3.74. The highest BCUT2D eigenvalue weighted by Gasteiger charge is 2.40. The molecular formula is C20H23N3O5. The van der Waals surface area contributed by atoms with E-state index < -0.39 is 11.0 Å². The van der Waals surface area contributed by atoms with Gasteiger partial charge in [-0.3, -0.25) is 19.9 Å². The molecule has 1 amide bonds. The summed E-state index contributed by atoms with van der Waals surface area (Å²) in [7, 11) is 1.64. The quantitative estimate of drug-likeness (QED) is 0.581. The zero-order valence-corrected chi connectivity index (χ0v) is 15.6. The fraction of sp³-hybridized carbons (Fsp3) is 0.350. The minimum Gasteiger partial charge on any atom is -0.465 e. The average molecular weight is 385 g/mol. The van der Waals surface area contributed by atoms with Gasteiger partial charge in [-0.1, -0.05) is 30.3 Å². The largest absolute Gasteiger partial charge is 0.465 e. The zero-order valence-electron chi connectivity index (χ0n) is 15.6. The molecule has 28 heavy (non-hydrogen) atoms. The van der Waals surface area contributed by atoms with Crippen LogP contribution in [0.3, 0.4) is 0 Å². The Hall–Kier alpha value is -2.97. The van der Waals surface area contributed by atoms with E-state index >= 15 is 0 Å². The maximum Gasteiger partial charge on any atom is 0.412 e. The van der Waals surface area contributed by atoms with Gasteiger partial charge in [0.2, 0.25) is 0 Å². The molecule has 8 nitrogen and oxygen atoms in total. The molecule has 1 aliphatic rings. The second-order valence-electron chi connectivity index (χ2n) is 6.76. The minimum absolute atomic E-state index is 0.00986. The highest BCUT2D eigenvalue weighted by molar-refractivity contribution is 5.87. The molecule has 1 aliphatic heterocycles. The summed E-state index contributed by atoms with van der Waals surface area (Å²) in [6.07, 6.45) is -1.08. The van der Waals surface area contributed by atoms with Gasteiger partial charge in [0.25, 0.3) is 5.69 Å². The summed E-state index contributed by atoms with van der Waals surface area (Å²) in [6.45, 7) is 2.56. The molecule has 0 saturated carbocycles. The highest BCUT2D eigenvalue weighted by atomic mass is 16.6. The van der Waals surface area contributed by atoms with Crippen LogP contribution in [0.2, 0.25) is 0 Å². The predicted molar refractivity (Wildman–Crippen MR) is 105 cm³/mol. The number of benzene rings is 2. The first kappa shape index (κ1) is 19.8. The zero-order chi connectivity index (χ0) is 20.1. The topological polar surface area (TPSA) is 96.2 Å². The van der Waals surface area contributed by atoms with Gasteiger partial charge in [-0.05, 0) is 17.7 Å². The van der Waals surface area contributed by atoms with Crippen LogP contribution >= 0.6 is 0 Å². The van der Waals surface area contributed by atoms with Crippen LogP contribution in [0.25, 0.3) is 0 Å². The summed E-state index contributed by atoms with van der Waals surface area (Å²) >= 11 is 0. The van der Waals surface area contributed by atoms with Gasteiger partial charge in [0, 0.05) is 50.5 Å². The van der Waals surface area contributed by atoms with Crippen molar-refractivity contribution in [2.45, 2.75) is 12.0 Å². The van der Waals surface area contributed by atoms with Gasteiger partial charge in [0.05, 0.1) is 17.6 Å². The van der Waals surface area contributed by atoms with E-state index in [1.807, 2.05) is 30.3 Å². The number of likely N-dealkylation sites (tertiary alicyclic amines) is 1. The van der Waals surface area contributed by atoms with E-state index in [4.69, 9.17) is 4.74 Å². The van der Waals surface area contributed by atoms with Crippen molar-refractivity contribution in [3.8, 4) is 0 Å². The fourth-order valence-corrected chi connectivity index (χ4v) is 3.74. The van der Waals surface area contributed by atoms with Crippen molar-refractivity contribution >= 4 is 17.5 Å². The second kappa shape index (κ2) is 8.81. The van der Waals surface area contributed by atoms with Crippen LogP contribution in [-0.2, 0) is 4.74 Å². The monoisotopic (exact) mass is 385 g/mol. The Morgan fingerprint density at radius 2 is 1.89 bits per heavy atom. The number of hydrogen-bond acceptors (Lipinski definition) is 5. The first-order valence-electron chi connectivity index (χ1n) is 9.04. The summed E-state index contributed by atoms with van der Waals surface area (Å²) < 4.78 is 5.17. The van der Waals surface area contributed by atoms with Crippen molar-refractivity contribution in [2.75, 3.05) is 38.3 Å². The molecule has 0 spiro atoms. The molecule has 148 valence electrons. The highest BCUT2D eigenvalue weighted by Crippen LogP contribution is 2.34. The number of ether oxygens (including phenoxy) is 1. The number of nitrogens with zero attached hydrogens (tertiary/aromatic N) is 3. The van der Waals surface area contributed by atoms with Crippen molar-refractivity contribution in [1.29, 1.82) is 0 Å². The summed E-state index contributed by atoms with van der Waals surface area (Å²) in [4.78, 5) is 26.1. The SMILES string of the molecule is COCCN1C[C@@H](N(C(=O)O)c2ccc([N+](=O)[O-])cc2)[C@H](c2ccccc2)C1. The van der Waals surface area contributed by atoms with Gasteiger partial charge in [-0.2, -0.15) is 0 Å². The molecule has 2 atom stereocenters. The van der Waals surface area contributed by atoms with Crippen molar-refractivity contribution < 1.29 is 19.6 Å². The predicted octanol–water partition coefficient (Wildman–Crippen LogP) is 3.19. The van der Waals surface area contributed by atoms with Gasteiger partial charge in [0.15, 0.2) is 0 Å². The molecule has 3 rings (SSSR count). The molecule has 0 aliphatic carbocycles. The number of hydrogen-bond donors (Lipinski definition) is 1. The van der Waals surface area contributed by atoms with E-state index in [9.17, 15) is 20.0 Å². The van der Waals surface area contributed by atoms with Crippen LogP contribution in [0.15, 0.2) is 54.6 Å². The smallest absolute Gasteiger partial charge is 0.412 e. The van der Waals surface area contributed by atoms with Gasteiger partial charge in [-0.15, -0.1) is 0 Å². The number of non-ortho nitro benzene ring substituents is 1. The Morgan fingerprint density at radius 3 is 2.46 bits per heavy atom. The summed E-state index contributed by atoms with van der Waals surface area (Å²) in [5.74, 6) is -0.00986. The number of methoxy groups -OCH3 is 1. The Morgan fingerprint density at radius 1 is 1.21 bits per heavy atom. The molecular weight excluding hydrogens is 362 g/mol. The van der Waals surface area contributed by atoms with E-state index in [2.05, 4.69) is 4.90 Å². The first-order valence-corrected chi connectivity index (χ1v) is 9.04. The van der Waals surface area contributed by atoms with Crippen LogP contribution in [0, 0.1) is 10.1 Å². The summed E-state index contributed by atoms with van der Waals surface area (Å²) in [6, 6.07) is 15.2. The van der Waals surface area contributed by atoms with Crippen molar-refractivity contribution in [1.82, 2.24) is 4.90 Å². The molecule has 0 unspecified atom stereocenters. The number of amides is 1. The van der Waals surface area contributed by atoms with E-state index in [1.54, 1.807) is 7.11 Å². The second-order valence-corrected chi connectivity index (χ2v) is 6.76. The summed E-state index contributed by atoms with van der Waals surface area (Å²) in [5, 5.41) is 20.9. The molecule has 0 aromatic heterocycles. The van der Waals surface area contributed by atoms with Crippen molar-refractivity contribution in [2.24, 2.45) is 0 Å². The third-order valence-electron chi connectivity index (χ3n) is 5.08. The van der Waals surface area contributed by atoms with Crippen molar-refractivity contribution in [3.05, 3.63) is 70.3 Å². The Bertz CT molecular complexity index is 812. The molecule has 0 bridgehead atoms. The van der Waals surface area contributed by atoms with E-state index in [0.29, 0.717) is 25.4 Å². The number of nitro groups is 1. The van der Waals surface area contributed by atoms with Crippen LogP contribution in [0.4, 0.5) is 16.2 Å². The lowest BCUT2D eigenvalue weighted by Crippen LogP contribution is -2.44. The van der Waals surface area contributed by atoms with Crippen molar-refractivity contribution in [3.63, 3.8) is 0 Å². The number of carbonyl (C=O) groups is 1. The Labute approximate surface area is 163 Å².